The lowest BCUT2D eigenvalue weighted by Crippen LogP contribution is -2.27. The number of aryl methyl sites for hydroxylation is 1. The number of benzene rings is 2. The lowest BCUT2D eigenvalue weighted by Gasteiger charge is -2.16. The quantitative estimate of drug-likeness (QED) is 0.689. The summed E-state index contributed by atoms with van der Waals surface area (Å²) in [6.45, 7) is 2.01. The van der Waals surface area contributed by atoms with Crippen LogP contribution < -0.4 is 10.9 Å². The second-order valence-electron chi connectivity index (χ2n) is 8.57. The fourth-order valence-corrected chi connectivity index (χ4v) is 4.24. The number of nitrogens with one attached hydrogen (secondary N) is 1. The van der Waals surface area contributed by atoms with Gasteiger partial charge in [0.05, 0.1) is 10.9 Å². The van der Waals surface area contributed by atoms with Crippen molar-refractivity contribution in [3.63, 3.8) is 0 Å². The smallest absolute Gasteiger partial charge is 0.261 e. The van der Waals surface area contributed by atoms with Gasteiger partial charge in [-0.15, -0.1) is 0 Å². The maximum atomic E-state index is 13.0. The van der Waals surface area contributed by atoms with Crippen LogP contribution in [0.4, 0.5) is 0 Å². The van der Waals surface area contributed by atoms with E-state index in [9.17, 15) is 9.59 Å². The first-order valence-electron chi connectivity index (χ1n) is 11.1. The minimum Gasteiger partial charge on any atom is -0.348 e. The van der Waals surface area contributed by atoms with Gasteiger partial charge < -0.3 is 10.2 Å². The summed E-state index contributed by atoms with van der Waals surface area (Å²) in [7, 11) is 4.06. The van der Waals surface area contributed by atoms with Crippen molar-refractivity contribution in [3.05, 3.63) is 75.3 Å². The van der Waals surface area contributed by atoms with Gasteiger partial charge in [-0.05, 0) is 56.3 Å². The molecule has 31 heavy (non-hydrogen) atoms. The third-order valence-electron chi connectivity index (χ3n) is 5.87. The lowest BCUT2D eigenvalue weighted by molar-refractivity contribution is 0.0951. The average Bonchev–Trinajstić information content (AvgIpc) is 2.73. The standard InChI is InChI=1S/C25H30N4O2/c1-28(2)17-20-10-7-6-9-19(20)16-26-24(30)18-12-13-21-22(15-18)27-23-11-5-3-4-8-14-29(23)25(21)31/h6-7,9-10,12-13,15H,3-5,8,11,14,16-17H2,1-2H3,(H,26,30). The Hall–Kier alpha value is -2.99. The zero-order chi connectivity index (χ0) is 21.8. The molecule has 6 nitrogen and oxygen atoms in total. The summed E-state index contributed by atoms with van der Waals surface area (Å²) in [5.41, 5.74) is 3.44. The molecular formula is C25H30N4O2. The molecule has 0 saturated heterocycles. The minimum absolute atomic E-state index is 0.00599. The molecule has 0 aliphatic carbocycles. The Morgan fingerprint density at radius 3 is 2.65 bits per heavy atom. The third kappa shape index (κ3) is 4.85. The molecule has 162 valence electrons. The molecule has 0 fully saturated rings. The van der Waals surface area contributed by atoms with Gasteiger partial charge in [0.15, 0.2) is 0 Å². The summed E-state index contributed by atoms with van der Waals surface area (Å²) in [6.07, 6.45) is 5.19. The lowest BCUT2D eigenvalue weighted by atomic mass is 10.1. The van der Waals surface area contributed by atoms with Crippen LogP contribution >= 0.6 is 0 Å². The molecule has 4 rings (SSSR count). The van der Waals surface area contributed by atoms with Crippen molar-refractivity contribution in [3.8, 4) is 0 Å². The molecule has 0 bridgehead atoms. The highest BCUT2D eigenvalue weighted by Gasteiger charge is 2.15. The largest absolute Gasteiger partial charge is 0.348 e. The summed E-state index contributed by atoms with van der Waals surface area (Å²) in [4.78, 5) is 32.7. The summed E-state index contributed by atoms with van der Waals surface area (Å²) in [6, 6.07) is 13.3. The molecule has 2 aromatic carbocycles. The SMILES string of the molecule is CN(C)Cc1ccccc1CNC(=O)c1ccc2c(=O)n3c(nc2c1)CCCCCC3. The molecule has 0 spiro atoms. The van der Waals surface area contributed by atoms with Gasteiger partial charge >= 0.3 is 0 Å². The highest BCUT2D eigenvalue weighted by molar-refractivity contribution is 5.97. The summed E-state index contributed by atoms with van der Waals surface area (Å²) >= 11 is 0. The number of carbonyl (C=O) groups excluding carboxylic acids is 1. The zero-order valence-electron chi connectivity index (χ0n) is 18.4. The molecule has 1 amide bonds. The molecule has 0 saturated carbocycles. The van der Waals surface area contributed by atoms with Crippen LogP contribution in [0.2, 0.25) is 0 Å². The first-order chi connectivity index (χ1) is 15.0. The highest BCUT2D eigenvalue weighted by Crippen LogP contribution is 2.17. The summed E-state index contributed by atoms with van der Waals surface area (Å²) in [5.74, 6) is 0.683. The van der Waals surface area contributed by atoms with Crippen LogP contribution in [0, 0.1) is 0 Å². The van der Waals surface area contributed by atoms with Crippen molar-refractivity contribution in [2.24, 2.45) is 0 Å². The zero-order valence-corrected chi connectivity index (χ0v) is 18.4. The average molecular weight is 419 g/mol. The number of rotatable bonds is 5. The Bertz CT molecular complexity index is 1150. The van der Waals surface area contributed by atoms with E-state index in [4.69, 9.17) is 4.98 Å². The van der Waals surface area contributed by atoms with E-state index in [1.165, 1.54) is 12.0 Å². The number of hydrogen-bond donors (Lipinski definition) is 1. The molecular weight excluding hydrogens is 388 g/mol. The predicted octanol–water partition coefficient (Wildman–Crippen LogP) is 3.50. The van der Waals surface area contributed by atoms with E-state index in [-0.39, 0.29) is 11.5 Å². The molecule has 1 aliphatic heterocycles. The molecule has 1 N–H and O–H groups in total. The van der Waals surface area contributed by atoms with Crippen LogP contribution in [0.1, 0.15) is 53.0 Å². The minimum atomic E-state index is -0.157. The molecule has 3 aromatic rings. The molecule has 0 radical (unpaired) electrons. The predicted molar refractivity (Wildman–Crippen MR) is 123 cm³/mol. The number of hydrogen-bond acceptors (Lipinski definition) is 4. The molecule has 0 unspecified atom stereocenters. The maximum Gasteiger partial charge on any atom is 0.261 e. The first-order valence-corrected chi connectivity index (χ1v) is 11.1. The van der Waals surface area contributed by atoms with Crippen molar-refractivity contribution >= 4 is 16.8 Å². The van der Waals surface area contributed by atoms with Gasteiger partial charge in [-0.25, -0.2) is 4.98 Å². The van der Waals surface area contributed by atoms with Gasteiger partial charge in [-0.2, -0.15) is 0 Å². The number of amides is 1. The maximum absolute atomic E-state index is 13.0. The van der Waals surface area contributed by atoms with E-state index in [0.717, 1.165) is 50.2 Å². The normalized spacial score (nSPS) is 14.2. The Morgan fingerprint density at radius 1 is 1.06 bits per heavy atom. The van der Waals surface area contributed by atoms with Gasteiger partial charge in [-0.3, -0.25) is 14.2 Å². The van der Waals surface area contributed by atoms with E-state index in [1.54, 1.807) is 18.2 Å². The van der Waals surface area contributed by atoms with Gasteiger partial charge in [0.1, 0.15) is 5.82 Å². The summed E-state index contributed by atoms with van der Waals surface area (Å²) in [5, 5.41) is 3.60. The number of aromatic nitrogens is 2. The van der Waals surface area contributed by atoms with Crippen molar-refractivity contribution < 1.29 is 4.79 Å². The molecule has 6 heteroatoms. The van der Waals surface area contributed by atoms with E-state index >= 15 is 0 Å². The number of carbonyl (C=O) groups is 1. The highest BCUT2D eigenvalue weighted by atomic mass is 16.1. The fraction of sp³-hybridized carbons (Fsp3) is 0.400. The number of nitrogens with zero attached hydrogens (tertiary/aromatic N) is 3. The molecule has 0 atom stereocenters. The van der Waals surface area contributed by atoms with Crippen molar-refractivity contribution in [1.29, 1.82) is 0 Å². The summed E-state index contributed by atoms with van der Waals surface area (Å²) < 4.78 is 1.82. The van der Waals surface area contributed by atoms with Crippen LogP contribution in [0.15, 0.2) is 47.3 Å². The topological polar surface area (TPSA) is 67.2 Å². The van der Waals surface area contributed by atoms with Crippen molar-refractivity contribution in [2.75, 3.05) is 14.1 Å². The molecule has 2 heterocycles. The molecule has 1 aromatic heterocycles. The second-order valence-corrected chi connectivity index (χ2v) is 8.57. The van der Waals surface area contributed by atoms with Crippen LogP contribution in [-0.4, -0.2) is 34.5 Å². The van der Waals surface area contributed by atoms with E-state index in [1.807, 2.05) is 36.9 Å². The molecule has 1 aliphatic rings. The number of fused-ring (bicyclic) bond motifs is 2. The van der Waals surface area contributed by atoms with Crippen LogP contribution in [0.25, 0.3) is 10.9 Å². The Kier molecular flexibility index (Phi) is 6.47. The van der Waals surface area contributed by atoms with Crippen LogP contribution in [-0.2, 0) is 26.1 Å². The fourth-order valence-electron chi connectivity index (χ4n) is 4.24. The van der Waals surface area contributed by atoms with Gasteiger partial charge in [0, 0.05) is 31.6 Å². The van der Waals surface area contributed by atoms with Gasteiger partial charge in [0.25, 0.3) is 11.5 Å². The first kappa shape index (κ1) is 21.2. The van der Waals surface area contributed by atoms with E-state index in [0.29, 0.717) is 23.0 Å². The van der Waals surface area contributed by atoms with Gasteiger partial charge in [0.2, 0.25) is 0 Å². The van der Waals surface area contributed by atoms with Gasteiger partial charge in [-0.1, -0.05) is 37.1 Å². The van der Waals surface area contributed by atoms with Crippen LogP contribution in [0.3, 0.4) is 0 Å². The van der Waals surface area contributed by atoms with Crippen LogP contribution in [0.5, 0.6) is 0 Å². The van der Waals surface area contributed by atoms with E-state index in [2.05, 4.69) is 16.3 Å². The van der Waals surface area contributed by atoms with Crippen molar-refractivity contribution in [2.45, 2.75) is 51.7 Å². The monoisotopic (exact) mass is 418 g/mol. The Morgan fingerprint density at radius 2 is 1.84 bits per heavy atom. The van der Waals surface area contributed by atoms with Crippen molar-refractivity contribution in [1.82, 2.24) is 19.8 Å². The Labute approximate surface area is 182 Å². The Balaban J connectivity index is 1.57. The second kappa shape index (κ2) is 9.43. The third-order valence-corrected chi connectivity index (χ3v) is 5.87. The van der Waals surface area contributed by atoms with E-state index < -0.39 is 0 Å².